The molecule has 0 spiro atoms. The van der Waals surface area contributed by atoms with Crippen molar-refractivity contribution in [3.63, 3.8) is 0 Å². The molecule has 3 rings (SSSR count). The first kappa shape index (κ1) is 19.4. The van der Waals surface area contributed by atoms with E-state index in [1.165, 1.54) is 0 Å². The van der Waals surface area contributed by atoms with Crippen LogP contribution in [0.25, 0.3) is 0 Å². The highest BCUT2D eigenvalue weighted by Crippen LogP contribution is 2.38. The van der Waals surface area contributed by atoms with Crippen LogP contribution in [0.4, 0.5) is 5.69 Å². The highest BCUT2D eigenvalue weighted by Gasteiger charge is 2.48. The summed E-state index contributed by atoms with van der Waals surface area (Å²) in [5.74, 6) is -0.718. The first-order valence-electron chi connectivity index (χ1n) is 9.56. The highest BCUT2D eigenvalue weighted by molar-refractivity contribution is 6.08. The molecule has 3 amide bonds. The molecule has 1 aromatic carbocycles. The van der Waals surface area contributed by atoms with Crippen LogP contribution in [0.5, 0.6) is 5.75 Å². The van der Waals surface area contributed by atoms with Crippen LogP contribution in [0.3, 0.4) is 0 Å². The fraction of sp³-hybridized carbons (Fsp3) is 0.571. The lowest BCUT2D eigenvalue weighted by atomic mass is 9.81. The molecule has 2 fully saturated rings. The standard InChI is InChI=1S/C21H28N2O4/c1-21(2,3)13-9-10-17(27-4)16(11-13)22-18(24)12-23-19(25)14-7-5-6-8-15(14)20(23)26/h9-11,14-15H,5-8,12H2,1-4H3,(H,22,24)/t14-,15-/m0/s1. The third-order valence-corrected chi connectivity index (χ3v) is 5.57. The zero-order chi connectivity index (χ0) is 19.8. The lowest BCUT2D eigenvalue weighted by molar-refractivity contribution is -0.142. The topological polar surface area (TPSA) is 75.7 Å². The molecule has 0 bridgehead atoms. The monoisotopic (exact) mass is 372 g/mol. The van der Waals surface area contributed by atoms with Crippen molar-refractivity contribution in [2.24, 2.45) is 11.8 Å². The number of hydrogen-bond donors (Lipinski definition) is 1. The number of anilines is 1. The average molecular weight is 372 g/mol. The van der Waals surface area contributed by atoms with Gasteiger partial charge in [-0.05, 0) is 36.0 Å². The van der Waals surface area contributed by atoms with E-state index in [1.807, 2.05) is 18.2 Å². The fourth-order valence-corrected chi connectivity index (χ4v) is 3.99. The van der Waals surface area contributed by atoms with Crippen LogP contribution in [0.2, 0.25) is 0 Å². The van der Waals surface area contributed by atoms with Gasteiger partial charge in [0, 0.05) is 0 Å². The Morgan fingerprint density at radius 1 is 1.15 bits per heavy atom. The lowest BCUT2D eigenvalue weighted by Crippen LogP contribution is -2.38. The lowest BCUT2D eigenvalue weighted by Gasteiger charge is -2.21. The first-order chi connectivity index (χ1) is 12.7. The molecule has 1 aliphatic heterocycles. The summed E-state index contributed by atoms with van der Waals surface area (Å²) in [7, 11) is 1.54. The van der Waals surface area contributed by atoms with Crippen molar-refractivity contribution in [1.82, 2.24) is 4.90 Å². The molecule has 1 aliphatic carbocycles. The van der Waals surface area contributed by atoms with Gasteiger partial charge in [0.25, 0.3) is 0 Å². The van der Waals surface area contributed by atoms with E-state index >= 15 is 0 Å². The van der Waals surface area contributed by atoms with Gasteiger partial charge in [0.1, 0.15) is 12.3 Å². The zero-order valence-electron chi connectivity index (χ0n) is 16.5. The van der Waals surface area contributed by atoms with E-state index < -0.39 is 0 Å². The number of ether oxygens (including phenoxy) is 1. The summed E-state index contributed by atoms with van der Waals surface area (Å²) >= 11 is 0. The molecule has 27 heavy (non-hydrogen) atoms. The van der Waals surface area contributed by atoms with Crippen molar-refractivity contribution in [2.45, 2.75) is 51.9 Å². The molecular weight excluding hydrogens is 344 g/mol. The molecule has 1 heterocycles. The smallest absolute Gasteiger partial charge is 0.244 e. The van der Waals surface area contributed by atoms with Crippen molar-refractivity contribution in [1.29, 1.82) is 0 Å². The maximum Gasteiger partial charge on any atom is 0.244 e. The number of benzene rings is 1. The minimum atomic E-state index is -0.389. The molecule has 6 nitrogen and oxygen atoms in total. The van der Waals surface area contributed by atoms with E-state index in [1.54, 1.807) is 7.11 Å². The Kier molecular flexibility index (Phi) is 5.27. The molecule has 1 saturated heterocycles. The van der Waals surface area contributed by atoms with Crippen LogP contribution < -0.4 is 10.1 Å². The van der Waals surface area contributed by atoms with Gasteiger partial charge in [-0.3, -0.25) is 19.3 Å². The fourth-order valence-electron chi connectivity index (χ4n) is 3.99. The summed E-state index contributed by atoms with van der Waals surface area (Å²) in [4.78, 5) is 38.8. The van der Waals surface area contributed by atoms with E-state index in [-0.39, 0.29) is 41.5 Å². The van der Waals surface area contributed by atoms with Gasteiger partial charge in [-0.25, -0.2) is 0 Å². The number of likely N-dealkylation sites (tertiary alicyclic amines) is 1. The Balaban J connectivity index is 1.74. The van der Waals surface area contributed by atoms with Crippen LogP contribution in [-0.2, 0) is 19.8 Å². The molecule has 0 radical (unpaired) electrons. The van der Waals surface area contributed by atoms with Gasteiger partial charge in [-0.2, -0.15) is 0 Å². The van der Waals surface area contributed by atoms with Gasteiger partial charge in [-0.1, -0.05) is 39.7 Å². The molecule has 1 N–H and O–H groups in total. The van der Waals surface area contributed by atoms with Gasteiger partial charge < -0.3 is 10.1 Å². The van der Waals surface area contributed by atoms with Gasteiger partial charge in [0.2, 0.25) is 17.7 Å². The number of rotatable bonds is 4. The number of carbonyl (C=O) groups is 3. The minimum Gasteiger partial charge on any atom is -0.495 e. The maximum atomic E-state index is 12.6. The number of nitrogens with zero attached hydrogens (tertiary/aromatic N) is 1. The number of nitrogens with one attached hydrogen (secondary N) is 1. The second kappa shape index (κ2) is 7.33. The second-order valence-electron chi connectivity index (χ2n) is 8.47. The quantitative estimate of drug-likeness (QED) is 0.824. The van der Waals surface area contributed by atoms with E-state index in [0.717, 1.165) is 36.1 Å². The second-order valence-corrected chi connectivity index (χ2v) is 8.47. The van der Waals surface area contributed by atoms with Crippen molar-refractivity contribution in [3.05, 3.63) is 23.8 Å². The third kappa shape index (κ3) is 3.84. The van der Waals surface area contributed by atoms with Gasteiger partial charge in [-0.15, -0.1) is 0 Å². The van der Waals surface area contributed by atoms with Gasteiger partial charge >= 0.3 is 0 Å². The Morgan fingerprint density at radius 2 is 1.74 bits per heavy atom. The highest BCUT2D eigenvalue weighted by atomic mass is 16.5. The maximum absolute atomic E-state index is 12.6. The van der Waals surface area contributed by atoms with Crippen molar-refractivity contribution in [3.8, 4) is 5.75 Å². The number of fused-ring (bicyclic) bond motifs is 1. The number of hydrogen-bond acceptors (Lipinski definition) is 4. The molecule has 0 unspecified atom stereocenters. The summed E-state index contributed by atoms with van der Waals surface area (Å²) in [6, 6.07) is 5.66. The molecule has 1 saturated carbocycles. The number of imide groups is 1. The van der Waals surface area contributed by atoms with Crippen LogP contribution in [-0.4, -0.2) is 36.3 Å². The SMILES string of the molecule is COc1ccc(C(C)(C)C)cc1NC(=O)CN1C(=O)[C@H]2CCCC[C@@H]2C1=O. The molecule has 1 aromatic rings. The number of amides is 3. The Hall–Kier alpha value is -2.37. The van der Waals surface area contributed by atoms with E-state index in [2.05, 4.69) is 26.1 Å². The summed E-state index contributed by atoms with van der Waals surface area (Å²) in [6.07, 6.45) is 3.43. The summed E-state index contributed by atoms with van der Waals surface area (Å²) in [5, 5.41) is 2.81. The molecule has 2 atom stereocenters. The normalized spacial score (nSPS) is 22.6. The predicted octanol–water partition coefficient (Wildman–Crippen LogP) is 3.11. The van der Waals surface area contributed by atoms with Crippen LogP contribution in [0.15, 0.2) is 18.2 Å². The van der Waals surface area contributed by atoms with E-state index in [4.69, 9.17) is 4.74 Å². The molecule has 6 heteroatoms. The van der Waals surface area contributed by atoms with Crippen molar-refractivity contribution in [2.75, 3.05) is 19.0 Å². The van der Waals surface area contributed by atoms with E-state index in [0.29, 0.717) is 11.4 Å². The van der Waals surface area contributed by atoms with Crippen molar-refractivity contribution >= 4 is 23.4 Å². The third-order valence-electron chi connectivity index (χ3n) is 5.57. The number of methoxy groups -OCH3 is 1. The molecule has 0 aromatic heterocycles. The minimum absolute atomic E-state index is 0.0810. The van der Waals surface area contributed by atoms with Gasteiger partial charge in [0.05, 0.1) is 24.6 Å². The summed E-state index contributed by atoms with van der Waals surface area (Å²) in [6.45, 7) is 6.02. The first-order valence-corrected chi connectivity index (χ1v) is 9.56. The number of carbonyl (C=O) groups excluding carboxylic acids is 3. The van der Waals surface area contributed by atoms with Gasteiger partial charge in [0.15, 0.2) is 0 Å². The molecular formula is C21H28N2O4. The Morgan fingerprint density at radius 3 is 2.26 bits per heavy atom. The van der Waals surface area contributed by atoms with Crippen LogP contribution in [0, 0.1) is 11.8 Å². The van der Waals surface area contributed by atoms with Crippen LogP contribution in [0.1, 0.15) is 52.0 Å². The zero-order valence-corrected chi connectivity index (χ0v) is 16.5. The van der Waals surface area contributed by atoms with E-state index in [9.17, 15) is 14.4 Å². The summed E-state index contributed by atoms with van der Waals surface area (Å²) < 4.78 is 5.34. The molecule has 2 aliphatic rings. The van der Waals surface area contributed by atoms with Crippen molar-refractivity contribution < 1.29 is 19.1 Å². The molecule has 146 valence electrons. The largest absolute Gasteiger partial charge is 0.495 e. The van der Waals surface area contributed by atoms with Crippen LogP contribution >= 0.6 is 0 Å². The Labute approximate surface area is 160 Å². The Bertz CT molecular complexity index is 742. The predicted molar refractivity (Wildman–Crippen MR) is 102 cm³/mol. The average Bonchev–Trinajstić information content (AvgIpc) is 2.86. The summed E-state index contributed by atoms with van der Waals surface area (Å²) in [5.41, 5.74) is 1.52.